The lowest BCUT2D eigenvalue weighted by Gasteiger charge is -2.18. The first-order valence-corrected chi connectivity index (χ1v) is 7.55. The molecule has 2 aromatic heterocycles. The number of pyridine rings is 1. The van der Waals surface area contributed by atoms with Crippen LogP contribution >= 0.6 is 0 Å². The Labute approximate surface area is 132 Å². The maximum Gasteiger partial charge on any atom is 0.327 e. The molecule has 3 heterocycles. The lowest BCUT2D eigenvalue weighted by atomic mass is 10.0. The highest BCUT2D eigenvalue weighted by Gasteiger charge is 2.29. The number of carboxylic acid groups (broad SMARTS) is 1. The Morgan fingerprint density at radius 3 is 3.04 bits per heavy atom. The monoisotopic (exact) mass is 308 g/mol. The molecule has 0 saturated carbocycles. The number of benzene rings is 1. The van der Waals surface area contributed by atoms with Crippen molar-refractivity contribution in [1.82, 2.24) is 20.3 Å². The van der Waals surface area contributed by atoms with E-state index in [2.05, 4.69) is 20.3 Å². The van der Waals surface area contributed by atoms with Crippen molar-refractivity contribution < 1.29 is 9.90 Å². The van der Waals surface area contributed by atoms with E-state index in [4.69, 9.17) is 0 Å². The molecule has 0 aliphatic carbocycles. The SMILES string of the molecule is Cc1ccc(-c2nc3c([nH]2)CCN[C@H]3C(=O)O)c2cccnc12. The number of aromatic nitrogens is 3. The van der Waals surface area contributed by atoms with Gasteiger partial charge in [-0.15, -0.1) is 0 Å². The summed E-state index contributed by atoms with van der Waals surface area (Å²) in [6, 6.07) is 7.18. The quantitative estimate of drug-likeness (QED) is 0.675. The van der Waals surface area contributed by atoms with Crippen LogP contribution in [0.15, 0.2) is 30.5 Å². The van der Waals surface area contributed by atoms with Crippen LogP contribution in [0.2, 0.25) is 0 Å². The van der Waals surface area contributed by atoms with Crippen LogP contribution in [0, 0.1) is 6.92 Å². The normalized spacial score (nSPS) is 17.2. The second-order valence-electron chi connectivity index (χ2n) is 5.75. The maximum atomic E-state index is 11.4. The minimum Gasteiger partial charge on any atom is -0.480 e. The molecular weight excluding hydrogens is 292 g/mol. The van der Waals surface area contributed by atoms with Crippen LogP contribution < -0.4 is 5.32 Å². The molecule has 3 N–H and O–H groups in total. The summed E-state index contributed by atoms with van der Waals surface area (Å²) >= 11 is 0. The van der Waals surface area contributed by atoms with Crippen molar-refractivity contribution in [2.45, 2.75) is 19.4 Å². The molecule has 1 aromatic carbocycles. The van der Waals surface area contributed by atoms with Crippen LogP contribution in [-0.2, 0) is 11.2 Å². The Kier molecular flexibility index (Phi) is 3.12. The molecule has 23 heavy (non-hydrogen) atoms. The Morgan fingerprint density at radius 2 is 2.22 bits per heavy atom. The summed E-state index contributed by atoms with van der Waals surface area (Å²) in [5.41, 5.74) is 4.45. The fraction of sp³-hybridized carbons (Fsp3) is 0.235. The summed E-state index contributed by atoms with van der Waals surface area (Å²) < 4.78 is 0. The van der Waals surface area contributed by atoms with Crippen LogP contribution in [0.4, 0.5) is 0 Å². The number of nitrogens with zero attached hydrogens (tertiary/aromatic N) is 2. The molecule has 0 unspecified atom stereocenters. The zero-order valence-corrected chi connectivity index (χ0v) is 12.6. The number of carbonyl (C=O) groups is 1. The molecule has 0 spiro atoms. The highest BCUT2D eigenvalue weighted by atomic mass is 16.4. The number of nitrogens with one attached hydrogen (secondary N) is 2. The van der Waals surface area contributed by atoms with Crippen molar-refractivity contribution in [2.24, 2.45) is 0 Å². The topological polar surface area (TPSA) is 90.9 Å². The Hall–Kier alpha value is -2.73. The highest BCUT2D eigenvalue weighted by Crippen LogP contribution is 2.30. The summed E-state index contributed by atoms with van der Waals surface area (Å²) in [7, 11) is 0. The third-order valence-corrected chi connectivity index (χ3v) is 4.28. The molecule has 1 aliphatic rings. The Morgan fingerprint density at radius 1 is 1.35 bits per heavy atom. The minimum atomic E-state index is -0.903. The number of H-pyrrole nitrogens is 1. The molecule has 1 aliphatic heterocycles. The van der Waals surface area contributed by atoms with Crippen molar-refractivity contribution in [2.75, 3.05) is 6.54 Å². The van der Waals surface area contributed by atoms with Gasteiger partial charge in [0.1, 0.15) is 5.82 Å². The molecule has 0 bridgehead atoms. The number of fused-ring (bicyclic) bond motifs is 2. The average molecular weight is 308 g/mol. The molecule has 116 valence electrons. The number of aromatic amines is 1. The third kappa shape index (κ3) is 2.19. The van der Waals surface area contributed by atoms with Crippen LogP contribution in [0.1, 0.15) is 23.0 Å². The molecule has 0 fully saturated rings. The van der Waals surface area contributed by atoms with E-state index in [1.807, 2.05) is 31.2 Å². The lowest BCUT2D eigenvalue weighted by Crippen LogP contribution is -2.35. The molecule has 1 atom stereocenters. The number of aliphatic carboxylic acids is 1. The zero-order valence-electron chi connectivity index (χ0n) is 12.6. The number of carboxylic acids is 1. The summed E-state index contributed by atoms with van der Waals surface area (Å²) in [5, 5.41) is 13.4. The van der Waals surface area contributed by atoms with Crippen molar-refractivity contribution in [3.63, 3.8) is 0 Å². The summed E-state index contributed by atoms with van der Waals surface area (Å²) in [6.07, 6.45) is 2.52. The van der Waals surface area contributed by atoms with Gasteiger partial charge >= 0.3 is 5.97 Å². The van der Waals surface area contributed by atoms with Gasteiger partial charge in [0.25, 0.3) is 0 Å². The lowest BCUT2D eigenvalue weighted by molar-refractivity contribution is -0.139. The van der Waals surface area contributed by atoms with Gasteiger partial charge in [-0.25, -0.2) is 4.98 Å². The van der Waals surface area contributed by atoms with E-state index in [-0.39, 0.29) is 0 Å². The third-order valence-electron chi connectivity index (χ3n) is 4.28. The minimum absolute atomic E-state index is 0.580. The van der Waals surface area contributed by atoms with Crippen LogP contribution in [0.3, 0.4) is 0 Å². The van der Waals surface area contributed by atoms with Crippen LogP contribution in [-0.4, -0.2) is 32.6 Å². The molecule has 3 aromatic rings. The second kappa shape index (κ2) is 5.17. The molecule has 4 rings (SSSR count). The van der Waals surface area contributed by atoms with E-state index in [0.717, 1.165) is 34.1 Å². The zero-order chi connectivity index (χ0) is 16.0. The van der Waals surface area contributed by atoms with Crippen molar-refractivity contribution >= 4 is 16.9 Å². The largest absolute Gasteiger partial charge is 0.480 e. The number of aryl methyl sites for hydroxylation is 1. The average Bonchev–Trinajstić information content (AvgIpc) is 2.99. The van der Waals surface area contributed by atoms with E-state index in [1.54, 1.807) is 6.20 Å². The van der Waals surface area contributed by atoms with Gasteiger partial charge in [-0.2, -0.15) is 0 Å². The van der Waals surface area contributed by atoms with Crippen molar-refractivity contribution in [1.29, 1.82) is 0 Å². The first-order chi connectivity index (χ1) is 11.1. The van der Waals surface area contributed by atoms with Crippen LogP contribution in [0.25, 0.3) is 22.3 Å². The summed E-state index contributed by atoms with van der Waals surface area (Å²) in [5.74, 6) is -0.206. The Balaban J connectivity index is 1.90. The molecule has 6 nitrogen and oxygen atoms in total. The van der Waals surface area contributed by atoms with Crippen LogP contribution in [0.5, 0.6) is 0 Å². The van der Waals surface area contributed by atoms with E-state index in [1.165, 1.54) is 0 Å². The maximum absolute atomic E-state index is 11.4. The van der Waals surface area contributed by atoms with Gasteiger partial charge in [-0.3, -0.25) is 15.1 Å². The number of hydrogen-bond acceptors (Lipinski definition) is 4. The van der Waals surface area contributed by atoms with Gasteiger partial charge in [0, 0.05) is 35.8 Å². The smallest absolute Gasteiger partial charge is 0.327 e. The first-order valence-electron chi connectivity index (χ1n) is 7.55. The second-order valence-corrected chi connectivity index (χ2v) is 5.75. The molecule has 6 heteroatoms. The highest BCUT2D eigenvalue weighted by molar-refractivity contribution is 5.94. The number of imidazole rings is 1. The molecular formula is C17H16N4O2. The fourth-order valence-electron chi connectivity index (χ4n) is 3.14. The van der Waals surface area contributed by atoms with E-state index < -0.39 is 12.0 Å². The van der Waals surface area contributed by atoms with Crippen molar-refractivity contribution in [3.8, 4) is 11.4 Å². The summed E-state index contributed by atoms with van der Waals surface area (Å²) in [4.78, 5) is 23.7. The van der Waals surface area contributed by atoms with E-state index in [0.29, 0.717) is 18.1 Å². The van der Waals surface area contributed by atoms with Gasteiger partial charge < -0.3 is 10.1 Å². The first kappa shape index (κ1) is 13.9. The molecule has 0 radical (unpaired) electrons. The van der Waals surface area contributed by atoms with Gasteiger partial charge in [0.2, 0.25) is 0 Å². The fourth-order valence-corrected chi connectivity index (χ4v) is 3.14. The van der Waals surface area contributed by atoms with Gasteiger partial charge in [-0.05, 0) is 18.6 Å². The number of rotatable bonds is 2. The number of hydrogen-bond donors (Lipinski definition) is 3. The van der Waals surface area contributed by atoms with Crippen molar-refractivity contribution in [3.05, 3.63) is 47.4 Å². The molecule has 0 saturated heterocycles. The molecule has 0 amide bonds. The summed E-state index contributed by atoms with van der Waals surface area (Å²) in [6.45, 7) is 2.65. The van der Waals surface area contributed by atoms with E-state index >= 15 is 0 Å². The standard InChI is InChI=1S/C17H16N4O2/c1-9-4-5-11(10-3-2-7-18-13(9)10)16-20-12-6-8-19-15(17(22)23)14(12)21-16/h2-5,7,15,19H,6,8H2,1H3,(H,20,21)(H,22,23)/t15-/m1/s1. The predicted octanol–water partition coefficient (Wildman–Crippen LogP) is 2.20. The van der Waals surface area contributed by atoms with Gasteiger partial charge in [0.15, 0.2) is 6.04 Å². The predicted molar refractivity (Wildman–Crippen MR) is 86.1 cm³/mol. The Bertz CT molecular complexity index is 916. The van der Waals surface area contributed by atoms with Gasteiger partial charge in [0.05, 0.1) is 11.2 Å². The van der Waals surface area contributed by atoms with Gasteiger partial charge in [-0.1, -0.05) is 18.2 Å². The van der Waals surface area contributed by atoms with E-state index in [9.17, 15) is 9.90 Å².